The van der Waals surface area contributed by atoms with Gasteiger partial charge in [0.25, 0.3) is 0 Å². The van der Waals surface area contributed by atoms with Crippen LogP contribution in [0.3, 0.4) is 0 Å². The van der Waals surface area contributed by atoms with Gasteiger partial charge in [0.2, 0.25) is 0 Å². The zero-order chi connectivity index (χ0) is 12.8. The number of rotatable bonds is 4. The van der Waals surface area contributed by atoms with Crippen LogP contribution in [0.25, 0.3) is 0 Å². The van der Waals surface area contributed by atoms with E-state index in [0.717, 1.165) is 12.8 Å². The average molecular weight is 247 g/mol. The van der Waals surface area contributed by atoms with Crippen LogP contribution in [0.4, 0.5) is 0 Å². The molecule has 1 aromatic carbocycles. The highest BCUT2D eigenvalue weighted by atomic mass is 16.5. The lowest BCUT2D eigenvalue weighted by Crippen LogP contribution is -2.29. The molecule has 0 saturated heterocycles. The first-order valence-electron chi connectivity index (χ1n) is 6.78. The Bertz CT molecular complexity index is 403. The number of nitrogens with one attached hydrogen (secondary N) is 1. The van der Waals surface area contributed by atoms with Crippen LogP contribution in [0, 0.1) is 0 Å². The second-order valence-corrected chi connectivity index (χ2v) is 4.68. The molecule has 3 nitrogen and oxygen atoms in total. The summed E-state index contributed by atoms with van der Waals surface area (Å²) in [5, 5.41) is 3.33. The highest BCUT2D eigenvalue weighted by Gasteiger charge is 2.18. The minimum absolute atomic E-state index is 0.167. The molecule has 0 spiro atoms. The van der Waals surface area contributed by atoms with Gasteiger partial charge in [-0.3, -0.25) is 4.79 Å². The van der Waals surface area contributed by atoms with Crippen molar-refractivity contribution >= 4 is 5.97 Å². The third-order valence-corrected chi connectivity index (χ3v) is 3.42. The summed E-state index contributed by atoms with van der Waals surface area (Å²) in [6.45, 7) is 2.58. The number of benzene rings is 1. The molecule has 0 aliphatic heterocycles. The van der Waals surface area contributed by atoms with Crippen LogP contribution in [-0.4, -0.2) is 19.1 Å². The normalized spacial score (nSPS) is 18.8. The molecule has 0 heterocycles. The Morgan fingerprint density at radius 2 is 2.22 bits per heavy atom. The SMILES string of the molecule is CCOC(=O)CNC1CCCCc2ccccc21. The van der Waals surface area contributed by atoms with Crippen LogP contribution < -0.4 is 5.32 Å². The number of esters is 1. The van der Waals surface area contributed by atoms with Gasteiger partial charge in [-0.25, -0.2) is 0 Å². The van der Waals surface area contributed by atoms with Crippen LogP contribution in [0.5, 0.6) is 0 Å². The van der Waals surface area contributed by atoms with Crippen molar-refractivity contribution in [2.45, 2.75) is 38.6 Å². The minimum Gasteiger partial charge on any atom is -0.465 e. The van der Waals surface area contributed by atoms with E-state index in [1.54, 1.807) is 0 Å². The quantitative estimate of drug-likeness (QED) is 0.656. The van der Waals surface area contributed by atoms with E-state index in [-0.39, 0.29) is 12.0 Å². The molecule has 1 unspecified atom stereocenters. The van der Waals surface area contributed by atoms with E-state index >= 15 is 0 Å². The summed E-state index contributed by atoms with van der Waals surface area (Å²) in [5.74, 6) is -0.167. The number of carbonyl (C=O) groups is 1. The molecule has 0 aromatic heterocycles. The van der Waals surface area contributed by atoms with E-state index in [1.807, 2.05) is 6.92 Å². The van der Waals surface area contributed by atoms with E-state index in [9.17, 15) is 4.79 Å². The zero-order valence-electron chi connectivity index (χ0n) is 10.9. The fourth-order valence-electron chi connectivity index (χ4n) is 2.55. The first-order chi connectivity index (χ1) is 8.81. The minimum atomic E-state index is -0.167. The largest absolute Gasteiger partial charge is 0.465 e. The Morgan fingerprint density at radius 1 is 1.39 bits per heavy atom. The van der Waals surface area contributed by atoms with Crippen LogP contribution in [0.2, 0.25) is 0 Å². The van der Waals surface area contributed by atoms with Crippen molar-refractivity contribution in [2.75, 3.05) is 13.2 Å². The predicted octanol–water partition coefficient (Wildman–Crippen LogP) is 2.61. The van der Waals surface area contributed by atoms with Gasteiger partial charge in [0, 0.05) is 6.04 Å². The molecule has 2 rings (SSSR count). The second kappa shape index (κ2) is 6.55. The molecule has 0 saturated carbocycles. The second-order valence-electron chi connectivity index (χ2n) is 4.68. The van der Waals surface area contributed by atoms with Gasteiger partial charge < -0.3 is 10.1 Å². The van der Waals surface area contributed by atoms with Crippen LogP contribution in [0.15, 0.2) is 24.3 Å². The Kier molecular flexibility index (Phi) is 4.76. The van der Waals surface area contributed by atoms with Crippen molar-refractivity contribution in [1.29, 1.82) is 0 Å². The molecule has 98 valence electrons. The Labute approximate surface area is 109 Å². The maximum Gasteiger partial charge on any atom is 0.319 e. The summed E-state index contributed by atoms with van der Waals surface area (Å²) in [6.07, 6.45) is 4.67. The molecular formula is C15H21NO2. The average Bonchev–Trinajstić information content (AvgIpc) is 2.59. The molecule has 1 aliphatic rings. The Morgan fingerprint density at radius 3 is 3.06 bits per heavy atom. The van der Waals surface area contributed by atoms with Gasteiger partial charge in [-0.05, 0) is 37.3 Å². The smallest absolute Gasteiger partial charge is 0.319 e. The van der Waals surface area contributed by atoms with E-state index in [0.29, 0.717) is 13.2 Å². The zero-order valence-corrected chi connectivity index (χ0v) is 10.9. The molecule has 0 amide bonds. The maximum absolute atomic E-state index is 11.4. The molecule has 1 aromatic rings. The van der Waals surface area contributed by atoms with Gasteiger partial charge in [0.05, 0.1) is 13.2 Å². The number of aryl methyl sites for hydroxylation is 1. The Balaban J connectivity index is 2.02. The van der Waals surface area contributed by atoms with Crippen molar-refractivity contribution in [2.24, 2.45) is 0 Å². The molecule has 0 bridgehead atoms. The van der Waals surface area contributed by atoms with Crippen molar-refractivity contribution in [3.05, 3.63) is 35.4 Å². The Hall–Kier alpha value is -1.35. The number of carbonyl (C=O) groups excluding carboxylic acids is 1. The summed E-state index contributed by atoms with van der Waals surface area (Å²) in [4.78, 5) is 11.4. The molecular weight excluding hydrogens is 226 g/mol. The molecule has 1 atom stereocenters. The standard InChI is InChI=1S/C15H21NO2/c1-2-18-15(17)11-16-14-10-6-4-8-12-7-3-5-9-13(12)14/h3,5,7,9,14,16H,2,4,6,8,10-11H2,1H3. The number of fused-ring (bicyclic) bond motifs is 1. The lowest BCUT2D eigenvalue weighted by atomic mass is 9.99. The first kappa shape index (κ1) is 13.1. The summed E-state index contributed by atoms with van der Waals surface area (Å²) in [5.41, 5.74) is 2.76. The molecule has 1 aliphatic carbocycles. The van der Waals surface area contributed by atoms with Crippen molar-refractivity contribution in [3.8, 4) is 0 Å². The topological polar surface area (TPSA) is 38.3 Å². The van der Waals surface area contributed by atoms with Gasteiger partial charge in [0.15, 0.2) is 0 Å². The van der Waals surface area contributed by atoms with E-state index < -0.39 is 0 Å². The lowest BCUT2D eigenvalue weighted by molar-refractivity contribution is -0.142. The van der Waals surface area contributed by atoms with E-state index in [2.05, 4.69) is 29.6 Å². The van der Waals surface area contributed by atoms with Crippen LogP contribution in [-0.2, 0) is 16.0 Å². The molecule has 3 heteroatoms. The van der Waals surface area contributed by atoms with E-state index in [4.69, 9.17) is 4.74 Å². The summed E-state index contributed by atoms with van der Waals surface area (Å²) >= 11 is 0. The third-order valence-electron chi connectivity index (χ3n) is 3.42. The van der Waals surface area contributed by atoms with Crippen molar-refractivity contribution < 1.29 is 9.53 Å². The summed E-state index contributed by atoms with van der Waals surface area (Å²) in [7, 11) is 0. The summed E-state index contributed by atoms with van der Waals surface area (Å²) < 4.78 is 4.95. The molecule has 1 N–H and O–H groups in total. The molecule has 0 fully saturated rings. The van der Waals surface area contributed by atoms with Gasteiger partial charge in [-0.2, -0.15) is 0 Å². The van der Waals surface area contributed by atoms with Crippen LogP contribution >= 0.6 is 0 Å². The fraction of sp³-hybridized carbons (Fsp3) is 0.533. The number of hydrogen-bond acceptors (Lipinski definition) is 3. The van der Waals surface area contributed by atoms with Gasteiger partial charge in [-0.15, -0.1) is 0 Å². The van der Waals surface area contributed by atoms with Gasteiger partial charge in [-0.1, -0.05) is 30.7 Å². The number of ether oxygens (including phenoxy) is 1. The maximum atomic E-state index is 11.4. The summed E-state index contributed by atoms with van der Waals surface area (Å²) in [6, 6.07) is 8.81. The number of hydrogen-bond donors (Lipinski definition) is 1. The van der Waals surface area contributed by atoms with Crippen LogP contribution in [0.1, 0.15) is 43.4 Å². The lowest BCUT2D eigenvalue weighted by Gasteiger charge is -2.18. The fourth-order valence-corrected chi connectivity index (χ4v) is 2.55. The monoisotopic (exact) mass is 247 g/mol. The highest BCUT2D eigenvalue weighted by molar-refractivity contribution is 5.71. The van der Waals surface area contributed by atoms with Gasteiger partial charge in [0.1, 0.15) is 0 Å². The first-order valence-corrected chi connectivity index (χ1v) is 6.78. The molecule has 0 radical (unpaired) electrons. The molecule has 18 heavy (non-hydrogen) atoms. The highest BCUT2D eigenvalue weighted by Crippen LogP contribution is 2.28. The third kappa shape index (κ3) is 3.33. The predicted molar refractivity (Wildman–Crippen MR) is 71.4 cm³/mol. The van der Waals surface area contributed by atoms with Crippen molar-refractivity contribution in [3.63, 3.8) is 0 Å². The van der Waals surface area contributed by atoms with Crippen molar-refractivity contribution in [1.82, 2.24) is 5.32 Å². The van der Waals surface area contributed by atoms with Gasteiger partial charge >= 0.3 is 5.97 Å². The van der Waals surface area contributed by atoms with E-state index in [1.165, 1.54) is 24.0 Å².